The van der Waals surface area contributed by atoms with Crippen LogP contribution in [-0.2, 0) is 11.3 Å². The molecular weight excluding hydrogens is 224 g/mol. The summed E-state index contributed by atoms with van der Waals surface area (Å²) in [6, 6.07) is 0. The molecule has 0 spiro atoms. The molecule has 0 fully saturated rings. The summed E-state index contributed by atoms with van der Waals surface area (Å²) in [6.07, 6.45) is 4.12. The fourth-order valence-electron chi connectivity index (χ4n) is 1.28. The summed E-state index contributed by atoms with van der Waals surface area (Å²) in [5.74, 6) is 0.595. The first kappa shape index (κ1) is 10.7. The zero-order valence-corrected chi connectivity index (χ0v) is 9.49. The monoisotopic (exact) mass is 234 g/mol. The van der Waals surface area contributed by atoms with Gasteiger partial charge in [0.1, 0.15) is 5.82 Å². The molecule has 82 valence electrons. The van der Waals surface area contributed by atoms with Crippen molar-refractivity contribution in [3.8, 4) is 10.4 Å². The van der Waals surface area contributed by atoms with E-state index in [9.17, 15) is 4.79 Å². The van der Waals surface area contributed by atoms with Crippen molar-refractivity contribution in [2.24, 2.45) is 0 Å². The number of nitrogens with zero attached hydrogens (tertiary/aromatic N) is 3. The Labute approximate surface area is 96.6 Å². The van der Waals surface area contributed by atoms with Gasteiger partial charge in [0.05, 0.1) is 22.6 Å². The molecular formula is C10H10N4OS. The van der Waals surface area contributed by atoms with Gasteiger partial charge in [-0.3, -0.25) is 4.79 Å². The summed E-state index contributed by atoms with van der Waals surface area (Å²) in [5, 5.41) is 2.51. The van der Waals surface area contributed by atoms with Crippen molar-refractivity contribution in [3.63, 3.8) is 0 Å². The fraction of sp³-hybridized carbons (Fsp3) is 0.200. The molecule has 0 aliphatic rings. The summed E-state index contributed by atoms with van der Waals surface area (Å²) in [5.41, 5.74) is 3.73. The van der Waals surface area contributed by atoms with Crippen LogP contribution in [0.3, 0.4) is 0 Å². The molecule has 1 amide bonds. The van der Waals surface area contributed by atoms with Gasteiger partial charge >= 0.3 is 0 Å². The van der Waals surface area contributed by atoms with Crippen LogP contribution in [0.1, 0.15) is 11.5 Å². The molecule has 0 aliphatic heterocycles. The quantitative estimate of drug-likeness (QED) is 0.806. The van der Waals surface area contributed by atoms with Crippen molar-refractivity contribution >= 4 is 17.7 Å². The summed E-state index contributed by atoms with van der Waals surface area (Å²) < 4.78 is 0. The second-order valence-electron chi connectivity index (χ2n) is 3.15. The number of carbonyl (C=O) groups excluding carboxylic acids is 1. The van der Waals surface area contributed by atoms with E-state index in [-0.39, 0.29) is 0 Å². The van der Waals surface area contributed by atoms with Gasteiger partial charge < -0.3 is 5.32 Å². The summed E-state index contributed by atoms with van der Waals surface area (Å²) >= 11 is 1.56. The van der Waals surface area contributed by atoms with Crippen LogP contribution in [0.5, 0.6) is 0 Å². The number of hydrogen-bond donors (Lipinski definition) is 1. The first-order valence-electron chi connectivity index (χ1n) is 4.69. The van der Waals surface area contributed by atoms with Gasteiger partial charge in [-0.1, -0.05) is 0 Å². The summed E-state index contributed by atoms with van der Waals surface area (Å²) in [4.78, 5) is 23.7. The van der Waals surface area contributed by atoms with Gasteiger partial charge in [0.2, 0.25) is 6.41 Å². The molecule has 0 atom stereocenters. The third-order valence-electron chi connectivity index (χ3n) is 2.06. The molecule has 0 saturated heterocycles. The number of aryl methyl sites for hydroxylation is 1. The zero-order chi connectivity index (χ0) is 11.4. The molecule has 1 N–H and O–H groups in total. The van der Waals surface area contributed by atoms with Crippen LogP contribution in [0.4, 0.5) is 0 Å². The highest BCUT2D eigenvalue weighted by Crippen LogP contribution is 2.25. The maximum absolute atomic E-state index is 10.1. The largest absolute Gasteiger partial charge is 0.351 e. The molecule has 0 unspecified atom stereocenters. The van der Waals surface area contributed by atoms with Crippen LogP contribution in [0.15, 0.2) is 17.9 Å². The molecule has 2 rings (SSSR count). The minimum absolute atomic E-state index is 0.353. The Hall–Kier alpha value is -1.82. The second-order valence-corrected chi connectivity index (χ2v) is 4.01. The lowest BCUT2D eigenvalue weighted by Gasteiger charge is -2.00. The van der Waals surface area contributed by atoms with E-state index in [0.717, 1.165) is 16.1 Å². The Balaban J connectivity index is 2.19. The lowest BCUT2D eigenvalue weighted by atomic mass is 10.2. The number of rotatable bonds is 4. The molecule has 2 aromatic heterocycles. The van der Waals surface area contributed by atoms with E-state index in [1.54, 1.807) is 29.2 Å². The maximum Gasteiger partial charge on any atom is 0.207 e. The molecule has 0 aromatic carbocycles. The molecule has 6 heteroatoms. The number of hydrogen-bond acceptors (Lipinski definition) is 5. The molecule has 0 saturated carbocycles. The maximum atomic E-state index is 10.1. The van der Waals surface area contributed by atoms with Crippen LogP contribution in [0, 0.1) is 6.92 Å². The summed E-state index contributed by atoms with van der Waals surface area (Å²) in [6.45, 7) is 2.30. The highest BCUT2D eigenvalue weighted by atomic mass is 32.1. The van der Waals surface area contributed by atoms with Gasteiger partial charge in [0.15, 0.2) is 0 Å². The minimum atomic E-state index is 0.353. The van der Waals surface area contributed by atoms with Crippen LogP contribution < -0.4 is 5.32 Å². The van der Waals surface area contributed by atoms with Gasteiger partial charge in [-0.15, -0.1) is 11.3 Å². The Kier molecular flexibility index (Phi) is 3.21. The Morgan fingerprint density at radius 1 is 1.38 bits per heavy atom. The second kappa shape index (κ2) is 4.80. The van der Waals surface area contributed by atoms with Crippen LogP contribution in [0.25, 0.3) is 10.4 Å². The lowest BCUT2D eigenvalue weighted by Crippen LogP contribution is -2.12. The van der Waals surface area contributed by atoms with E-state index in [1.165, 1.54) is 0 Å². The van der Waals surface area contributed by atoms with E-state index >= 15 is 0 Å². The van der Waals surface area contributed by atoms with Gasteiger partial charge in [-0.2, -0.15) is 0 Å². The third kappa shape index (κ3) is 2.22. The van der Waals surface area contributed by atoms with Crippen LogP contribution in [-0.4, -0.2) is 21.4 Å². The zero-order valence-electron chi connectivity index (χ0n) is 8.67. The van der Waals surface area contributed by atoms with Gasteiger partial charge in [-0.25, -0.2) is 15.0 Å². The van der Waals surface area contributed by atoms with Gasteiger partial charge in [-0.05, 0) is 6.92 Å². The molecule has 2 heterocycles. The van der Waals surface area contributed by atoms with E-state index in [4.69, 9.17) is 0 Å². The normalized spacial score (nSPS) is 10.1. The molecule has 0 aliphatic carbocycles. The molecule has 0 bridgehead atoms. The molecule has 2 aromatic rings. The van der Waals surface area contributed by atoms with Crippen molar-refractivity contribution in [2.75, 3.05) is 0 Å². The van der Waals surface area contributed by atoms with Crippen molar-refractivity contribution in [2.45, 2.75) is 13.5 Å². The predicted molar refractivity (Wildman–Crippen MR) is 60.8 cm³/mol. The van der Waals surface area contributed by atoms with Crippen LogP contribution in [0.2, 0.25) is 0 Å². The first-order chi connectivity index (χ1) is 7.81. The standard InChI is InChI=1S/C10H10N4OS/c1-7-10(16-6-14-7)8-2-12-9(13-3-8)4-11-5-15/h2-3,5-6H,4H2,1H3,(H,11,15). The molecule has 16 heavy (non-hydrogen) atoms. The number of carbonyl (C=O) groups is 1. The Bertz CT molecular complexity index is 480. The summed E-state index contributed by atoms with van der Waals surface area (Å²) in [7, 11) is 0. The number of thiazole rings is 1. The average Bonchev–Trinajstić information content (AvgIpc) is 2.74. The van der Waals surface area contributed by atoms with E-state index < -0.39 is 0 Å². The minimum Gasteiger partial charge on any atom is -0.351 e. The van der Waals surface area contributed by atoms with E-state index in [1.807, 2.05) is 6.92 Å². The highest BCUT2D eigenvalue weighted by Gasteiger charge is 2.05. The van der Waals surface area contributed by atoms with Crippen molar-refractivity contribution in [1.82, 2.24) is 20.3 Å². The van der Waals surface area contributed by atoms with Gasteiger partial charge in [0.25, 0.3) is 0 Å². The number of nitrogens with one attached hydrogen (secondary N) is 1. The van der Waals surface area contributed by atoms with E-state index in [0.29, 0.717) is 18.8 Å². The fourth-order valence-corrected chi connectivity index (χ4v) is 2.06. The topological polar surface area (TPSA) is 67.8 Å². The number of amides is 1. The number of aromatic nitrogens is 3. The van der Waals surface area contributed by atoms with Crippen LogP contribution >= 0.6 is 11.3 Å². The Morgan fingerprint density at radius 3 is 2.69 bits per heavy atom. The average molecular weight is 234 g/mol. The van der Waals surface area contributed by atoms with Crippen molar-refractivity contribution in [1.29, 1.82) is 0 Å². The Morgan fingerprint density at radius 2 is 2.12 bits per heavy atom. The first-order valence-corrected chi connectivity index (χ1v) is 5.57. The SMILES string of the molecule is Cc1ncsc1-c1cnc(CNC=O)nc1. The highest BCUT2D eigenvalue weighted by molar-refractivity contribution is 7.13. The smallest absolute Gasteiger partial charge is 0.207 e. The van der Waals surface area contributed by atoms with Crippen molar-refractivity contribution in [3.05, 3.63) is 29.4 Å². The predicted octanol–water partition coefficient (Wildman–Crippen LogP) is 1.15. The van der Waals surface area contributed by atoms with E-state index in [2.05, 4.69) is 20.3 Å². The van der Waals surface area contributed by atoms with Gasteiger partial charge in [0, 0.05) is 18.0 Å². The lowest BCUT2D eigenvalue weighted by molar-refractivity contribution is -0.109. The molecule has 5 nitrogen and oxygen atoms in total. The van der Waals surface area contributed by atoms with Crippen molar-refractivity contribution < 1.29 is 4.79 Å². The third-order valence-corrected chi connectivity index (χ3v) is 3.03. The molecule has 0 radical (unpaired) electrons.